The van der Waals surface area contributed by atoms with Crippen molar-refractivity contribution in [2.24, 2.45) is 0 Å². The molecule has 0 saturated heterocycles. The van der Waals surface area contributed by atoms with E-state index >= 15 is 0 Å². The van der Waals surface area contributed by atoms with Gasteiger partial charge in [-0.1, -0.05) is 27.2 Å². The molecule has 3 heteroatoms. The lowest BCUT2D eigenvalue weighted by Gasteiger charge is -2.08. The number of nitrogens with zero attached hydrogens (tertiary/aromatic N) is 1. The van der Waals surface area contributed by atoms with Crippen LogP contribution in [0.4, 0.5) is 0 Å². The molecule has 15 heavy (non-hydrogen) atoms. The zero-order chi connectivity index (χ0) is 11.1. The smallest absolute Gasteiger partial charge is 0.0928 e. The van der Waals surface area contributed by atoms with Gasteiger partial charge >= 0.3 is 0 Å². The van der Waals surface area contributed by atoms with Crippen molar-refractivity contribution in [3.63, 3.8) is 0 Å². The Kier molecular flexibility index (Phi) is 5.88. The fraction of sp³-hybridized carbons (Fsp3) is 0.750. The Morgan fingerprint density at radius 1 is 1.47 bits per heavy atom. The van der Waals surface area contributed by atoms with Crippen LogP contribution in [-0.2, 0) is 6.42 Å². The number of unbranched alkanes of at least 4 members (excludes halogenated alkanes) is 1. The molecule has 2 nitrogen and oxygen atoms in total. The predicted molar refractivity (Wildman–Crippen MR) is 67.7 cm³/mol. The first-order valence-corrected chi connectivity index (χ1v) is 6.80. The number of aromatic nitrogens is 1. The first-order valence-electron chi connectivity index (χ1n) is 5.92. The van der Waals surface area contributed by atoms with E-state index in [0.717, 1.165) is 19.5 Å². The lowest BCUT2D eigenvalue weighted by Crippen LogP contribution is -2.19. The van der Waals surface area contributed by atoms with Gasteiger partial charge in [-0.05, 0) is 19.4 Å². The number of aryl methyl sites for hydroxylation is 1. The molecule has 1 aromatic rings. The van der Waals surface area contributed by atoms with Gasteiger partial charge in [-0.15, -0.1) is 11.3 Å². The van der Waals surface area contributed by atoms with Crippen LogP contribution in [0.15, 0.2) is 5.38 Å². The Morgan fingerprint density at radius 3 is 2.93 bits per heavy atom. The largest absolute Gasteiger partial charge is 0.316 e. The van der Waals surface area contributed by atoms with Crippen LogP contribution in [0.2, 0.25) is 0 Å². The predicted octanol–water partition coefficient (Wildman–Crippen LogP) is 3.20. The SMILES string of the molecule is CCCCc1nc(C(C)CNCC)cs1. The highest BCUT2D eigenvalue weighted by Gasteiger charge is 2.09. The molecule has 1 atom stereocenters. The maximum absolute atomic E-state index is 4.68. The Morgan fingerprint density at radius 2 is 2.27 bits per heavy atom. The fourth-order valence-corrected chi connectivity index (χ4v) is 2.42. The Labute approximate surface area is 97.1 Å². The van der Waals surface area contributed by atoms with Crippen LogP contribution in [0.5, 0.6) is 0 Å². The Balaban J connectivity index is 2.43. The summed E-state index contributed by atoms with van der Waals surface area (Å²) in [4.78, 5) is 4.68. The van der Waals surface area contributed by atoms with Gasteiger partial charge in [-0.2, -0.15) is 0 Å². The molecular formula is C12H22N2S. The summed E-state index contributed by atoms with van der Waals surface area (Å²) in [5, 5.41) is 6.88. The van der Waals surface area contributed by atoms with E-state index in [1.807, 2.05) is 11.3 Å². The van der Waals surface area contributed by atoms with Gasteiger partial charge in [0.1, 0.15) is 0 Å². The first-order chi connectivity index (χ1) is 7.27. The number of nitrogens with one attached hydrogen (secondary N) is 1. The molecule has 0 aliphatic carbocycles. The molecule has 0 spiro atoms. The Hall–Kier alpha value is -0.410. The molecule has 0 aliphatic heterocycles. The van der Waals surface area contributed by atoms with E-state index in [1.165, 1.54) is 23.5 Å². The minimum absolute atomic E-state index is 0.538. The standard InChI is InChI=1S/C12H22N2S/c1-4-6-7-12-14-11(9-15-12)10(3)8-13-5-2/h9-10,13H,4-8H2,1-3H3. The van der Waals surface area contributed by atoms with Crippen molar-refractivity contribution in [2.75, 3.05) is 13.1 Å². The summed E-state index contributed by atoms with van der Waals surface area (Å²) in [5.74, 6) is 0.538. The summed E-state index contributed by atoms with van der Waals surface area (Å²) < 4.78 is 0. The van der Waals surface area contributed by atoms with Crippen LogP contribution in [0.3, 0.4) is 0 Å². The zero-order valence-corrected chi connectivity index (χ0v) is 10.9. The molecule has 0 saturated carbocycles. The van der Waals surface area contributed by atoms with Crippen molar-refractivity contribution in [3.8, 4) is 0 Å². The van der Waals surface area contributed by atoms with E-state index in [9.17, 15) is 0 Å². The van der Waals surface area contributed by atoms with E-state index in [2.05, 4.69) is 36.5 Å². The quantitative estimate of drug-likeness (QED) is 0.772. The minimum atomic E-state index is 0.538. The molecule has 1 rings (SSSR count). The molecule has 0 aliphatic rings. The molecule has 0 radical (unpaired) electrons. The normalized spacial score (nSPS) is 13.0. The summed E-state index contributed by atoms with van der Waals surface area (Å²) in [7, 11) is 0. The van der Waals surface area contributed by atoms with Crippen molar-refractivity contribution >= 4 is 11.3 Å². The number of likely N-dealkylation sites (N-methyl/N-ethyl adjacent to an activating group) is 1. The van der Waals surface area contributed by atoms with Gasteiger partial charge in [0.05, 0.1) is 10.7 Å². The highest BCUT2D eigenvalue weighted by molar-refractivity contribution is 7.09. The molecule has 1 aromatic heterocycles. The minimum Gasteiger partial charge on any atom is -0.316 e. The number of hydrogen-bond acceptors (Lipinski definition) is 3. The number of thiazole rings is 1. The van der Waals surface area contributed by atoms with Crippen LogP contribution < -0.4 is 5.32 Å². The van der Waals surface area contributed by atoms with Gasteiger partial charge in [0.2, 0.25) is 0 Å². The first kappa shape index (κ1) is 12.7. The molecule has 0 aromatic carbocycles. The molecule has 0 amide bonds. The summed E-state index contributed by atoms with van der Waals surface area (Å²) >= 11 is 1.81. The van der Waals surface area contributed by atoms with Gasteiger partial charge in [0.25, 0.3) is 0 Å². The van der Waals surface area contributed by atoms with Crippen LogP contribution in [0.1, 0.15) is 50.2 Å². The highest BCUT2D eigenvalue weighted by Crippen LogP contribution is 2.19. The third kappa shape index (κ3) is 4.31. The van der Waals surface area contributed by atoms with Gasteiger partial charge < -0.3 is 5.32 Å². The second-order valence-corrected chi connectivity index (χ2v) is 4.92. The average molecular weight is 226 g/mol. The second kappa shape index (κ2) is 6.96. The van der Waals surface area contributed by atoms with Crippen LogP contribution in [-0.4, -0.2) is 18.1 Å². The van der Waals surface area contributed by atoms with E-state index in [0.29, 0.717) is 5.92 Å². The lowest BCUT2D eigenvalue weighted by molar-refractivity contribution is 0.623. The van der Waals surface area contributed by atoms with Crippen LogP contribution in [0, 0.1) is 0 Å². The molecule has 0 bridgehead atoms. The molecule has 86 valence electrons. The van der Waals surface area contributed by atoms with Crippen molar-refractivity contribution < 1.29 is 0 Å². The van der Waals surface area contributed by atoms with Crippen LogP contribution >= 0.6 is 11.3 Å². The molecular weight excluding hydrogens is 204 g/mol. The molecule has 1 unspecified atom stereocenters. The van der Waals surface area contributed by atoms with E-state index < -0.39 is 0 Å². The summed E-state index contributed by atoms with van der Waals surface area (Å²) in [6.07, 6.45) is 3.66. The number of hydrogen-bond donors (Lipinski definition) is 1. The fourth-order valence-electron chi connectivity index (χ4n) is 1.46. The van der Waals surface area contributed by atoms with Crippen molar-refractivity contribution in [2.45, 2.75) is 46.0 Å². The van der Waals surface area contributed by atoms with E-state index in [4.69, 9.17) is 0 Å². The third-order valence-corrected chi connectivity index (χ3v) is 3.45. The van der Waals surface area contributed by atoms with Gasteiger partial charge in [0.15, 0.2) is 0 Å². The maximum atomic E-state index is 4.68. The highest BCUT2D eigenvalue weighted by atomic mass is 32.1. The summed E-state index contributed by atoms with van der Waals surface area (Å²) in [6, 6.07) is 0. The molecule has 0 fully saturated rings. The lowest BCUT2D eigenvalue weighted by atomic mass is 10.1. The Bertz CT molecular complexity index is 270. The van der Waals surface area contributed by atoms with Crippen molar-refractivity contribution in [3.05, 3.63) is 16.1 Å². The van der Waals surface area contributed by atoms with E-state index in [1.54, 1.807) is 0 Å². The van der Waals surface area contributed by atoms with Crippen LogP contribution in [0.25, 0.3) is 0 Å². The van der Waals surface area contributed by atoms with Gasteiger partial charge in [0, 0.05) is 17.8 Å². The molecule has 1 N–H and O–H groups in total. The monoisotopic (exact) mass is 226 g/mol. The average Bonchev–Trinajstić information content (AvgIpc) is 2.71. The third-order valence-electron chi connectivity index (χ3n) is 2.52. The topological polar surface area (TPSA) is 24.9 Å². The van der Waals surface area contributed by atoms with Gasteiger partial charge in [-0.3, -0.25) is 0 Å². The maximum Gasteiger partial charge on any atom is 0.0928 e. The van der Waals surface area contributed by atoms with Gasteiger partial charge in [-0.25, -0.2) is 4.98 Å². The van der Waals surface area contributed by atoms with Crippen molar-refractivity contribution in [1.82, 2.24) is 10.3 Å². The van der Waals surface area contributed by atoms with E-state index in [-0.39, 0.29) is 0 Å². The summed E-state index contributed by atoms with van der Waals surface area (Å²) in [5.41, 5.74) is 1.26. The zero-order valence-electron chi connectivity index (χ0n) is 10.0. The molecule has 1 heterocycles. The number of rotatable bonds is 7. The second-order valence-electron chi connectivity index (χ2n) is 3.98. The van der Waals surface area contributed by atoms with Crippen molar-refractivity contribution in [1.29, 1.82) is 0 Å². The summed E-state index contributed by atoms with van der Waals surface area (Å²) in [6.45, 7) is 8.68.